The minimum absolute atomic E-state index is 0.147. The first kappa shape index (κ1) is 22.9. The lowest BCUT2D eigenvalue weighted by Gasteiger charge is -2.39. The number of amides is 2. The number of rotatable bonds is 7. The summed E-state index contributed by atoms with van der Waals surface area (Å²) in [4.78, 5) is 29.3. The molecule has 2 amide bonds. The van der Waals surface area contributed by atoms with Crippen molar-refractivity contribution in [2.45, 2.75) is 12.6 Å². The third kappa shape index (κ3) is 6.15. The minimum Gasteiger partial charge on any atom is -0.468 e. The Hall–Kier alpha value is -3.29. The van der Waals surface area contributed by atoms with E-state index in [0.29, 0.717) is 5.02 Å². The van der Waals surface area contributed by atoms with Gasteiger partial charge in [-0.2, -0.15) is 0 Å². The summed E-state index contributed by atoms with van der Waals surface area (Å²) in [5.41, 5.74) is 2.07. The number of benzene rings is 2. The second-order valence-electron chi connectivity index (χ2n) is 7.91. The lowest BCUT2D eigenvalue weighted by atomic mass is 10.1. The molecule has 0 saturated carbocycles. The highest BCUT2D eigenvalue weighted by Gasteiger charge is 2.28. The summed E-state index contributed by atoms with van der Waals surface area (Å²) < 4.78 is 5.65. The molecule has 0 radical (unpaired) electrons. The molecule has 4 rings (SSSR count). The maximum absolute atomic E-state index is 12.4. The zero-order valence-corrected chi connectivity index (χ0v) is 19.0. The summed E-state index contributed by atoms with van der Waals surface area (Å²) in [6.45, 7) is 3.92. The van der Waals surface area contributed by atoms with Gasteiger partial charge in [-0.05, 0) is 42.0 Å². The van der Waals surface area contributed by atoms with Crippen LogP contribution in [-0.2, 0) is 16.1 Å². The van der Waals surface area contributed by atoms with Crippen LogP contribution < -0.4 is 15.5 Å². The maximum Gasteiger partial charge on any atom is 0.309 e. The maximum atomic E-state index is 12.4. The molecule has 7 nitrogen and oxygen atoms in total. The predicted molar refractivity (Wildman–Crippen MR) is 128 cm³/mol. The first-order chi connectivity index (χ1) is 16.1. The van der Waals surface area contributed by atoms with Gasteiger partial charge in [0.25, 0.3) is 0 Å². The van der Waals surface area contributed by atoms with Gasteiger partial charge in [-0.1, -0.05) is 41.9 Å². The number of nitrogens with zero attached hydrogens (tertiary/aromatic N) is 2. The Morgan fingerprint density at radius 3 is 2.24 bits per heavy atom. The van der Waals surface area contributed by atoms with Crippen LogP contribution in [0.1, 0.15) is 17.4 Å². The number of anilines is 1. The van der Waals surface area contributed by atoms with Gasteiger partial charge in [0.1, 0.15) is 5.76 Å². The first-order valence-electron chi connectivity index (χ1n) is 11.0. The number of piperazine rings is 1. The number of para-hydroxylation sites is 1. The number of hydrogen-bond acceptors (Lipinski definition) is 5. The van der Waals surface area contributed by atoms with Crippen LogP contribution in [-0.4, -0.2) is 49.4 Å². The Morgan fingerprint density at radius 2 is 1.58 bits per heavy atom. The van der Waals surface area contributed by atoms with E-state index in [1.807, 2.05) is 42.5 Å². The van der Waals surface area contributed by atoms with Crippen molar-refractivity contribution < 1.29 is 14.0 Å². The molecule has 1 atom stereocenters. The van der Waals surface area contributed by atoms with Crippen LogP contribution in [0, 0.1) is 0 Å². The lowest BCUT2D eigenvalue weighted by molar-refractivity contribution is -0.139. The van der Waals surface area contributed by atoms with Crippen molar-refractivity contribution in [2.24, 2.45) is 0 Å². The first-order valence-corrected chi connectivity index (χ1v) is 11.4. The average Bonchev–Trinajstić information content (AvgIpc) is 3.39. The number of furan rings is 1. The van der Waals surface area contributed by atoms with Crippen molar-refractivity contribution in [3.8, 4) is 0 Å². The second-order valence-corrected chi connectivity index (χ2v) is 8.35. The molecule has 172 valence electrons. The molecule has 8 heteroatoms. The molecule has 3 aromatic rings. The molecule has 2 N–H and O–H groups in total. The van der Waals surface area contributed by atoms with E-state index in [0.717, 1.165) is 37.5 Å². The van der Waals surface area contributed by atoms with Gasteiger partial charge in [-0.15, -0.1) is 0 Å². The van der Waals surface area contributed by atoms with E-state index < -0.39 is 11.8 Å². The fourth-order valence-corrected chi connectivity index (χ4v) is 4.08. The van der Waals surface area contributed by atoms with Crippen LogP contribution in [0.3, 0.4) is 0 Å². The van der Waals surface area contributed by atoms with Gasteiger partial charge in [-0.3, -0.25) is 14.5 Å². The molecule has 1 aliphatic rings. The summed E-state index contributed by atoms with van der Waals surface area (Å²) in [7, 11) is 0. The minimum atomic E-state index is -0.669. The van der Waals surface area contributed by atoms with Gasteiger partial charge in [0.05, 0.1) is 12.3 Å². The third-order valence-electron chi connectivity index (χ3n) is 5.78. The van der Waals surface area contributed by atoms with E-state index in [1.54, 1.807) is 18.4 Å². The van der Waals surface area contributed by atoms with E-state index in [2.05, 4.69) is 32.6 Å². The van der Waals surface area contributed by atoms with E-state index >= 15 is 0 Å². The van der Waals surface area contributed by atoms with Crippen molar-refractivity contribution in [2.75, 3.05) is 37.6 Å². The standard InChI is InChI=1S/C25H27ClN4O3/c26-20-10-8-19(9-11-20)17-27-24(31)25(32)28-18-22(23-7-4-16-33-23)30-14-12-29(13-15-30)21-5-2-1-3-6-21/h1-11,16,22H,12-15,17-18H2,(H,27,31)(H,28,32)/t22-/m1/s1. The van der Waals surface area contributed by atoms with E-state index in [1.165, 1.54) is 5.69 Å². The Labute approximate surface area is 198 Å². The number of carbonyl (C=O) groups excluding carboxylic acids is 2. The molecular weight excluding hydrogens is 440 g/mol. The second kappa shape index (κ2) is 11.0. The zero-order valence-electron chi connectivity index (χ0n) is 18.2. The third-order valence-corrected chi connectivity index (χ3v) is 6.03. The molecule has 2 aromatic carbocycles. The highest BCUT2D eigenvalue weighted by molar-refractivity contribution is 6.35. The monoisotopic (exact) mass is 466 g/mol. The summed E-state index contributed by atoms with van der Waals surface area (Å²) in [6, 6.07) is 21.0. The van der Waals surface area contributed by atoms with Crippen molar-refractivity contribution in [1.29, 1.82) is 0 Å². The van der Waals surface area contributed by atoms with Crippen molar-refractivity contribution in [1.82, 2.24) is 15.5 Å². The van der Waals surface area contributed by atoms with Crippen molar-refractivity contribution >= 4 is 29.1 Å². The number of nitrogens with one attached hydrogen (secondary N) is 2. The van der Waals surface area contributed by atoms with Crippen LogP contribution in [0.2, 0.25) is 5.02 Å². The van der Waals surface area contributed by atoms with E-state index in [-0.39, 0.29) is 19.1 Å². The van der Waals surface area contributed by atoms with E-state index in [9.17, 15) is 9.59 Å². The number of hydrogen-bond donors (Lipinski definition) is 2. The van der Waals surface area contributed by atoms with Gasteiger partial charge in [0.2, 0.25) is 0 Å². The zero-order chi connectivity index (χ0) is 23.0. The van der Waals surface area contributed by atoms with Gasteiger partial charge in [0, 0.05) is 50.0 Å². The quantitative estimate of drug-likeness (QED) is 0.523. The smallest absolute Gasteiger partial charge is 0.309 e. The normalized spacial score (nSPS) is 15.1. The molecule has 0 bridgehead atoms. The molecule has 0 aliphatic carbocycles. The SMILES string of the molecule is O=C(NCc1ccc(Cl)cc1)C(=O)NC[C@H](c1ccco1)N1CCN(c2ccccc2)CC1. The lowest BCUT2D eigenvalue weighted by Crippen LogP contribution is -2.50. The summed E-state index contributed by atoms with van der Waals surface area (Å²) in [5, 5.41) is 6.03. The molecule has 33 heavy (non-hydrogen) atoms. The van der Waals surface area contributed by atoms with Gasteiger partial charge >= 0.3 is 11.8 Å². The molecule has 1 aliphatic heterocycles. The molecule has 1 saturated heterocycles. The van der Waals surface area contributed by atoms with Gasteiger partial charge in [0.15, 0.2) is 0 Å². The van der Waals surface area contributed by atoms with Crippen LogP contribution >= 0.6 is 11.6 Å². The fourth-order valence-electron chi connectivity index (χ4n) is 3.96. The predicted octanol–water partition coefficient (Wildman–Crippen LogP) is 3.23. The van der Waals surface area contributed by atoms with Gasteiger partial charge < -0.3 is 20.0 Å². The van der Waals surface area contributed by atoms with Crippen LogP contribution in [0.15, 0.2) is 77.4 Å². The Balaban J connectivity index is 1.31. The summed E-state index contributed by atoms with van der Waals surface area (Å²) in [5.74, 6) is -0.564. The molecule has 1 aromatic heterocycles. The molecule has 0 unspecified atom stereocenters. The van der Waals surface area contributed by atoms with E-state index in [4.69, 9.17) is 16.0 Å². The molecule has 1 fully saturated rings. The fraction of sp³-hybridized carbons (Fsp3) is 0.280. The molecule has 2 heterocycles. The van der Waals surface area contributed by atoms with Crippen molar-refractivity contribution in [3.05, 3.63) is 89.3 Å². The van der Waals surface area contributed by atoms with Crippen molar-refractivity contribution in [3.63, 3.8) is 0 Å². The Bertz CT molecular complexity index is 1030. The Morgan fingerprint density at radius 1 is 0.879 bits per heavy atom. The molecule has 0 spiro atoms. The highest BCUT2D eigenvalue weighted by Crippen LogP contribution is 2.24. The van der Waals surface area contributed by atoms with Crippen LogP contribution in [0.4, 0.5) is 5.69 Å². The summed E-state index contributed by atoms with van der Waals surface area (Å²) in [6.07, 6.45) is 1.63. The molecular formula is C25H27ClN4O3. The van der Waals surface area contributed by atoms with Crippen LogP contribution in [0.25, 0.3) is 0 Å². The topological polar surface area (TPSA) is 77.8 Å². The average molecular weight is 467 g/mol. The van der Waals surface area contributed by atoms with Crippen LogP contribution in [0.5, 0.6) is 0 Å². The highest BCUT2D eigenvalue weighted by atomic mass is 35.5. The summed E-state index contributed by atoms with van der Waals surface area (Å²) >= 11 is 5.88. The van der Waals surface area contributed by atoms with Gasteiger partial charge in [-0.25, -0.2) is 0 Å². The number of halogens is 1. The Kier molecular flexibility index (Phi) is 7.65. The number of carbonyl (C=O) groups is 2. The largest absolute Gasteiger partial charge is 0.468 e.